The Hall–Kier alpha value is -2.94. The molecule has 29 heavy (non-hydrogen) atoms. The molecule has 3 aliphatic heterocycles. The minimum Gasteiger partial charge on any atom is -0.452 e. The second-order valence-electron chi connectivity index (χ2n) is 7.20. The fraction of sp³-hybridized carbons (Fsp3) is 0.350. The van der Waals surface area contributed by atoms with E-state index in [1.54, 1.807) is 9.80 Å². The van der Waals surface area contributed by atoms with Crippen molar-refractivity contribution in [3.63, 3.8) is 0 Å². The number of rotatable bonds is 3. The number of anilines is 1. The van der Waals surface area contributed by atoms with Gasteiger partial charge in [-0.15, -0.1) is 4.40 Å². The summed E-state index contributed by atoms with van der Waals surface area (Å²) in [6, 6.07) is 7.77. The number of fused-ring (bicyclic) bond motifs is 2. The van der Waals surface area contributed by atoms with Crippen molar-refractivity contribution in [2.75, 3.05) is 23.8 Å². The molecule has 0 radical (unpaired) electrons. The van der Waals surface area contributed by atoms with Crippen LogP contribution in [-0.4, -0.2) is 56.0 Å². The molecule has 3 heterocycles. The number of nitrogens with zero attached hydrogens (tertiary/aromatic N) is 3. The van der Waals surface area contributed by atoms with Crippen molar-refractivity contribution in [3.8, 4) is 0 Å². The molecule has 1 amide bonds. The van der Waals surface area contributed by atoms with Crippen LogP contribution in [0.5, 0.6) is 0 Å². The van der Waals surface area contributed by atoms with Gasteiger partial charge >= 0.3 is 5.97 Å². The lowest BCUT2D eigenvalue weighted by molar-refractivity contribution is -0.143. The van der Waals surface area contributed by atoms with E-state index < -0.39 is 16.0 Å². The Morgan fingerprint density at radius 2 is 2.03 bits per heavy atom. The molecule has 152 valence electrons. The summed E-state index contributed by atoms with van der Waals surface area (Å²) in [5.74, 6) is -0.763. The lowest BCUT2D eigenvalue weighted by atomic mass is 9.96. The van der Waals surface area contributed by atoms with Crippen molar-refractivity contribution in [2.45, 2.75) is 25.8 Å². The van der Waals surface area contributed by atoms with Crippen LogP contribution < -0.4 is 4.90 Å². The Bertz CT molecular complexity index is 1060. The summed E-state index contributed by atoms with van der Waals surface area (Å²) in [6.45, 7) is 1.83. The van der Waals surface area contributed by atoms with Gasteiger partial charge in [0.1, 0.15) is 5.84 Å². The van der Waals surface area contributed by atoms with Gasteiger partial charge in [0.05, 0.1) is 11.3 Å². The quantitative estimate of drug-likeness (QED) is 0.693. The van der Waals surface area contributed by atoms with Crippen molar-refractivity contribution >= 4 is 33.4 Å². The normalized spacial score (nSPS) is 22.2. The molecular weight excluding hydrogens is 394 g/mol. The maximum atomic E-state index is 12.8. The summed E-state index contributed by atoms with van der Waals surface area (Å²) >= 11 is 0. The van der Waals surface area contributed by atoms with Crippen LogP contribution in [0.1, 0.15) is 18.9 Å². The Kier molecular flexibility index (Phi) is 4.99. The van der Waals surface area contributed by atoms with Crippen LogP contribution in [0.25, 0.3) is 0 Å². The lowest BCUT2D eigenvalue weighted by Gasteiger charge is -2.35. The number of hydrogen-bond acceptors (Lipinski definition) is 6. The average molecular weight is 415 g/mol. The molecule has 0 saturated carbocycles. The zero-order valence-electron chi connectivity index (χ0n) is 15.9. The fourth-order valence-corrected chi connectivity index (χ4v) is 4.64. The van der Waals surface area contributed by atoms with Crippen molar-refractivity contribution in [1.82, 2.24) is 4.90 Å². The Morgan fingerprint density at radius 3 is 2.86 bits per heavy atom. The summed E-state index contributed by atoms with van der Waals surface area (Å²) in [4.78, 5) is 28.5. The van der Waals surface area contributed by atoms with Crippen LogP contribution in [0.2, 0.25) is 0 Å². The molecule has 3 aliphatic rings. The molecule has 1 unspecified atom stereocenters. The topological polar surface area (TPSA) is 96.4 Å². The zero-order valence-corrected chi connectivity index (χ0v) is 16.8. The molecule has 0 bridgehead atoms. The molecule has 1 atom stereocenters. The number of amidine groups is 1. The van der Waals surface area contributed by atoms with E-state index in [-0.39, 0.29) is 42.3 Å². The van der Waals surface area contributed by atoms with Gasteiger partial charge in [-0.25, -0.2) is 13.2 Å². The largest absolute Gasteiger partial charge is 0.452 e. The number of ether oxygens (including phenoxy) is 1. The molecule has 0 aliphatic carbocycles. The fourth-order valence-electron chi connectivity index (χ4n) is 3.67. The predicted molar refractivity (Wildman–Crippen MR) is 108 cm³/mol. The van der Waals surface area contributed by atoms with Crippen LogP contribution >= 0.6 is 0 Å². The molecule has 1 aromatic carbocycles. The number of carbonyl (C=O) groups is 2. The third kappa shape index (κ3) is 3.95. The van der Waals surface area contributed by atoms with Crippen LogP contribution in [0, 0.1) is 0 Å². The SMILES string of the molecule is CC1CCc2ccccc2N1C(=O)COC(=O)C1=CN2CCS(=O)(=O)N=C2C=C1. The Labute approximate surface area is 169 Å². The first kappa shape index (κ1) is 19.4. The number of para-hydroxylation sites is 1. The summed E-state index contributed by atoms with van der Waals surface area (Å²) in [5, 5.41) is 0. The van der Waals surface area contributed by atoms with E-state index in [9.17, 15) is 18.0 Å². The summed E-state index contributed by atoms with van der Waals surface area (Å²) < 4.78 is 32.0. The summed E-state index contributed by atoms with van der Waals surface area (Å²) in [6.07, 6.45) is 6.16. The molecule has 0 saturated heterocycles. The molecule has 4 rings (SSSR count). The summed E-state index contributed by atoms with van der Waals surface area (Å²) in [5.41, 5.74) is 2.21. The monoisotopic (exact) mass is 415 g/mol. The maximum absolute atomic E-state index is 12.8. The molecule has 9 heteroatoms. The number of amides is 1. The first-order valence-electron chi connectivity index (χ1n) is 9.40. The van der Waals surface area contributed by atoms with Gasteiger partial charge in [0.25, 0.3) is 15.9 Å². The van der Waals surface area contributed by atoms with Gasteiger partial charge in [0, 0.05) is 24.5 Å². The molecule has 0 spiro atoms. The molecule has 8 nitrogen and oxygen atoms in total. The molecule has 0 fully saturated rings. The average Bonchev–Trinajstić information content (AvgIpc) is 2.70. The Morgan fingerprint density at radius 1 is 1.24 bits per heavy atom. The lowest BCUT2D eigenvalue weighted by Crippen LogP contribution is -2.44. The van der Waals surface area contributed by atoms with Crippen molar-refractivity contribution in [1.29, 1.82) is 0 Å². The van der Waals surface area contributed by atoms with Crippen LogP contribution in [-0.2, 0) is 30.8 Å². The number of sulfonamides is 1. The smallest absolute Gasteiger partial charge is 0.340 e. The van der Waals surface area contributed by atoms with E-state index >= 15 is 0 Å². The van der Waals surface area contributed by atoms with Gasteiger partial charge in [-0.3, -0.25) is 4.79 Å². The first-order chi connectivity index (χ1) is 13.8. The number of hydrogen-bond donors (Lipinski definition) is 0. The van der Waals surface area contributed by atoms with E-state index in [0.717, 1.165) is 24.1 Å². The van der Waals surface area contributed by atoms with Crippen LogP contribution in [0.15, 0.2) is 52.6 Å². The third-order valence-electron chi connectivity index (χ3n) is 5.18. The summed E-state index contributed by atoms with van der Waals surface area (Å²) in [7, 11) is -3.46. The van der Waals surface area contributed by atoms with Crippen LogP contribution in [0.4, 0.5) is 5.69 Å². The van der Waals surface area contributed by atoms with Crippen molar-refractivity contribution in [2.24, 2.45) is 4.40 Å². The number of aryl methyl sites for hydroxylation is 1. The van der Waals surface area contributed by atoms with Gasteiger partial charge in [0.15, 0.2) is 6.61 Å². The highest BCUT2D eigenvalue weighted by atomic mass is 32.2. The second-order valence-corrected chi connectivity index (χ2v) is 8.96. The van der Waals surface area contributed by atoms with E-state index in [2.05, 4.69) is 4.40 Å². The van der Waals surface area contributed by atoms with Gasteiger partial charge in [-0.2, -0.15) is 0 Å². The highest BCUT2D eigenvalue weighted by Crippen LogP contribution is 2.30. The van der Waals surface area contributed by atoms with E-state index in [4.69, 9.17) is 4.74 Å². The van der Waals surface area contributed by atoms with E-state index in [0.29, 0.717) is 0 Å². The molecule has 1 aromatic rings. The maximum Gasteiger partial charge on any atom is 0.340 e. The van der Waals surface area contributed by atoms with Gasteiger partial charge in [-0.1, -0.05) is 18.2 Å². The predicted octanol–water partition coefficient (Wildman–Crippen LogP) is 1.40. The highest BCUT2D eigenvalue weighted by molar-refractivity contribution is 7.90. The number of benzene rings is 1. The van der Waals surface area contributed by atoms with E-state index in [1.807, 2.05) is 31.2 Å². The van der Waals surface area contributed by atoms with Gasteiger partial charge in [0.2, 0.25) is 0 Å². The third-order valence-corrected chi connectivity index (χ3v) is 6.34. The van der Waals surface area contributed by atoms with Crippen molar-refractivity contribution < 1.29 is 22.7 Å². The molecule has 0 N–H and O–H groups in total. The van der Waals surface area contributed by atoms with Crippen LogP contribution in [0.3, 0.4) is 0 Å². The second kappa shape index (κ2) is 7.47. The molecular formula is C20H21N3O5S. The minimum atomic E-state index is -3.46. The standard InChI is InChI=1S/C20H21N3O5S/c1-14-6-7-15-4-2-3-5-17(15)23(14)19(24)13-28-20(25)16-8-9-18-21-29(26,27)11-10-22(18)12-16/h2-5,8-9,12,14H,6-7,10-11,13H2,1H3. The van der Waals surface area contributed by atoms with Gasteiger partial charge in [-0.05, 0) is 43.5 Å². The van der Waals surface area contributed by atoms with Gasteiger partial charge < -0.3 is 14.5 Å². The number of carbonyl (C=O) groups excluding carboxylic acids is 2. The minimum absolute atomic E-state index is 0.0268. The van der Waals surface area contributed by atoms with Crippen molar-refractivity contribution in [3.05, 3.63) is 53.8 Å². The Balaban J connectivity index is 1.43. The zero-order chi connectivity index (χ0) is 20.6. The number of esters is 1. The van der Waals surface area contributed by atoms with E-state index in [1.165, 1.54) is 18.4 Å². The molecule has 0 aromatic heterocycles. The first-order valence-corrected chi connectivity index (χ1v) is 11.0. The highest BCUT2D eigenvalue weighted by Gasteiger charge is 2.29.